The summed E-state index contributed by atoms with van der Waals surface area (Å²) in [7, 11) is 0. The van der Waals surface area contributed by atoms with Gasteiger partial charge in [0.25, 0.3) is 5.91 Å². The lowest BCUT2D eigenvalue weighted by Crippen LogP contribution is -2.33. The van der Waals surface area contributed by atoms with Gasteiger partial charge in [-0.2, -0.15) is 0 Å². The zero-order valence-electron chi connectivity index (χ0n) is 10.1. The van der Waals surface area contributed by atoms with Gasteiger partial charge in [-0.05, 0) is 24.3 Å². The molecule has 0 saturated carbocycles. The number of ether oxygens (including phenoxy) is 1. The smallest absolute Gasteiger partial charge is 0.410 e. The molecule has 0 unspecified atom stereocenters. The van der Waals surface area contributed by atoms with Crippen molar-refractivity contribution in [3.05, 3.63) is 65.7 Å². The molecule has 1 N–H and O–H groups in total. The highest BCUT2D eigenvalue weighted by Gasteiger charge is 2.16. The van der Waals surface area contributed by atoms with Gasteiger partial charge < -0.3 is 4.74 Å². The van der Waals surface area contributed by atoms with Crippen LogP contribution >= 0.6 is 0 Å². The maximum absolute atomic E-state index is 13.3. The predicted octanol–water partition coefficient (Wildman–Crippen LogP) is 2.89. The van der Waals surface area contributed by atoms with Crippen molar-refractivity contribution < 1.29 is 23.1 Å². The van der Waals surface area contributed by atoms with Crippen LogP contribution in [0.3, 0.4) is 0 Å². The molecule has 0 spiro atoms. The SMILES string of the molecule is O=C(NC(=O)c1ccc(F)cc1F)Oc1ccccc1. The normalized spacial score (nSPS) is 9.90. The monoisotopic (exact) mass is 277 g/mol. The lowest BCUT2D eigenvalue weighted by Gasteiger charge is -2.06. The number of carbonyl (C=O) groups is 2. The quantitative estimate of drug-likeness (QED) is 0.918. The van der Waals surface area contributed by atoms with Crippen molar-refractivity contribution in [1.82, 2.24) is 5.32 Å². The highest BCUT2D eigenvalue weighted by molar-refractivity contribution is 6.03. The number of hydrogen-bond donors (Lipinski definition) is 1. The minimum Gasteiger partial charge on any atom is -0.410 e. The third-order valence-corrected chi connectivity index (χ3v) is 2.35. The number of halogens is 2. The molecule has 0 radical (unpaired) electrons. The Morgan fingerprint density at radius 1 is 1.00 bits per heavy atom. The minimum absolute atomic E-state index is 0.234. The third-order valence-electron chi connectivity index (χ3n) is 2.35. The van der Waals surface area contributed by atoms with Gasteiger partial charge in [-0.25, -0.2) is 13.6 Å². The summed E-state index contributed by atoms with van der Waals surface area (Å²) in [5.41, 5.74) is -0.448. The van der Waals surface area contributed by atoms with Gasteiger partial charge in [0.2, 0.25) is 0 Å². The third kappa shape index (κ3) is 3.38. The number of nitrogens with one attached hydrogen (secondary N) is 1. The van der Waals surface area contributed by atoms with Gasteiger partial charge in [0, 0.05) is 6.07 Å². The lowest BCUT2D eigenvalue weighted by atomic mass is 10.2. The number of amides is 2. The molecule has 20 heavy (non-hydrogen) atoms. The molecule has 0 aliphatic carbocycles. The van der Waals surface area contributed by atoms with Crippen molar-refractivity contribution in [2.75, 3.05) is 0 Å². The first-order valence-electron chi connectivity index (χ1n) is 5.59. The molecular weight excluding hydrogens is 268 g/mol. The Hall–Kier alpha value is -2.76. The fourth-order valence-electron chi connectivity index (χ4n) is 1.45. The average Bonchev–Trinajstić information content (AvgIpc) is 2.39. The zero-order valence-corrected chi connectivity index (χ0v) is 10.1. The van der Waals surface area contributed by atoms with E-state index in [4.69, 9.17) is 4.74 Å². The van der Waals surface area contributed by atoms with Crippen LogP contribution in [0, 0.1) is 11.6 Å². The van der Waals surface area contributed by atoms with Gasteiger partial charge in [0.15, 0.2) is 0 Å². The molecule has 2 aromatic rings. The lowest BCUT2D eigenvalue weighted by molar-refractivity contribution is 0.0947. The Morgan fingerprint density at radius 3 is 2.35 bits per heavy atom. The summed E-state index contributed by atoms with van der Waals surface area (Å²) in [6.45, 7) is 0. The number of imide groups is 1. The molecule has 0 aliphatic heterocycles. The van der Waals surface area contributed by atoms with Crippen LogP contribution in [0.4, 0.5) is 13.6 Å². The molecule has 0 aromatic heterocycles. The fourth-order valence-corrected chi connectivity index (χ4v) is 1.45. The van der Waals surface area contributed by atoms with E-state index in [1.54, 1.807) is 18.2 Å². The van der Waals surface area contributed by atoms with Crippen LogP contribution in [0.1, 0.15) is 10.4 Å². The Balaban J connectivity index is 2.02. The van der Waals surface area contributed by atoms with Crippen molar-refractivity contribution in [3.8, 4) is 5.75 Å². The first kappa shape index (κ1) is 13.7. The van der Waals surface area contributed by atoms with Gasteiger partial charge in [0.05, 0.1) is 5.56 Å². The molecule has 0 aliphatic rings. The van der Waals surface area contributed by atoms with E-state index in [1.165, 1.54) is 12.1 Å². The van der Waals surface area contributed by atoms with Gasteiger partial charge in [-0.15, -0.1) is 0 Å². The molecule has 2 amide bonds. The van der Waals surface area contributed by atoms with E-state index in [0.29, 0.717) is 6.07 Å². The van der Waals surface area contributed by atoms with E-state index in [9.17, 15) is 18.4 Å². The Labute approximate surface area is 113 Å². The summed E-state index contributed by atoms with van der Waals surface area (Å²) in [6.07, 6.45) is -1.05. The van der Waals surface area contributed by atoms with Gasteiger partial charge in [-0.1, -0.05) is 18.2 Å². The van der Waals surface area contributed by atoms with Crippen LogP contribution in [0.2, 0.25) is 0 Å². The van der Waals surface area contributed by atoms with Gasteiger partial charge >= 0.3 is 6.09 Å². The standard InChI is InChI=1S/C14H9F2NO3/c15-9-6-7-11(12(16)8-9)13(18)17-14(19)20-10-4-2-1-3-5-10/h1-8H,(H,17,18,19). The van der Waals surface area contributed by atoms with E-state index in [0.717, 1.165) is 12.1 Å². The highest BCUT2D eigenvalue weighted by atomic mass is 19.1. The number of rotatable bonds is 2. The van der Waals surface area contributed by atoms with E-state index in [1.807, 2.05) is 5.32 Å². The summed E-state index contributed by atoms with van der Waals surface area (Å²) in [5, 5.41) is 1.84. The van der Waals surface area contributed by atoms with E-state index < -0.39 is 29.2 Å². The summed E-state index contributed by atoms with van der Waals surface area (Å²) in [5.74, 6) is -2.65. The predicted molar refractivity (Wildman–Crippen MR) is 66.3 cm³/mol. The van der Waals surface area contributed by atoms with Crippen LogP contribution in [0.25, 0.3) is 0 Å². The molecule has 0 saturated heterocycles. The van der Waals surface area contributed by atoms with Gasteiger partial charge in [0.1, 0.15) is 17.4 Å². The van der Waals surface area contributed by atoms with Crippen molar-refractivity contribution in [2.45, 2.75) is 0 Å². The van der Waals surface area contributed by atoms with E-state index in [2.05, 4.69) is 0 Å². The Bertz CT molecular complexity index is 644. The van der Waals surface area contributed by atoms with Crippen LogP contribution in [0.5, 0.6) is 5.75 Å². The van der Waals surface area contributed by atoms with Gasteiger partial charge in [-0.3, -0.25) is 10.1 Å². The molecule has 0 fully saturated rings. The first-order valence-corrected chi connectivity index (χ1v) is 5.59. The van der Waals surface area contributed by atoms with Crippen molar-refractivity contribution in [1.29, 1.82) is 0 Å². The summed E-state index contributed by atoms with van der Waals surface area (Å²) in [6, 6.07) is 10.5. The minimum atomic E-state index is -1.06. The number of para-hydroxylation sites is 1. The fraction of sp³-hybridized carbons (Fsp3) is 0. The van der Waals surface area contributed by atoms with Crippen molar-refractivity contribution in [3.63, 3.8) is 0 Å². The molecule has 4 nitrogen and oxygen atoms in total. The zero-order chi connectivity index (χ0) is 14.5. The molecule has 102 valence electrons. The molecule has 0 heterocycles. The molecule has 2 rings (SSSR count). The van der Waals surface area contributed by atoms with E-state index in [-0.39, 0.29) is 5.75 Å². The summed E-state index contributed by atoms with van der Waals surface area (Å²) >= 11 is 0. The second kappa shape index (κ2) is 5.92. The summed E-state index contributed by atoms with van der Waals surface area (Å²) in [4.78, 5) is 23.0. The van der Waals surface area contributed by atoms with Crippen LogP contribution in [-0.4, -0.2) is 12.0 Å². The molecule has 0 bridgehead atoms. The second-order valence-electron chi connectivity index (χ2n) is 3.78. The van der Waals surface area contributed by atoms with Crippen LogP contribution < -0.4 is 10.1 Å². The molecule has 0 atom stereocenters. The molecular formula is C14H9F2NO3. The van der Waals surface area contributed by atoms with E-state index >= 15 is 0 Å². The molecule has 6 heteroatoms. The largest absolute Gasteiger partial charge is 0.419 e. The summed E-state index contributed by atoms with van der Waals surface area (Å²) < 4.78 is 30.8. The Morgan fingerprint density at radius 2 is 1.70 bits per heavy atom. The second-order valence-corrected chi connectivity index (χ2v) is 3.78. The topological polar surface area (TPSA) is 55.4 Å². The first-order chi connectivity index (χ1) is 9.56. The maximum Gasteiger partial charge on any atom is 0.419 e. The van der Waals surface area contributed by atoms with Crippen LogP contribution in [0.15, 0.2) is 48.5 Å². The number of carbonyl (C=O) groups excluding carboxylic acids is 2. The maximum atomic E-state index is 13.3. The highest BCUT2D eigenvalue weighted by Crippen LogP contribution is 2.11. The van der Waals surface area contributed by atoms with Crippen molar-refractivity contribution >= 4 is 12.0 Å². The average molecular weight is 277 g/mol. The van der Waals surface area contributed by atoms with Crippen molar-refractivity contribution in [2.24, 2.45) is 0 Å². The Kier molecular flexibility index (Phi) is 4.05. The number of benzene rings is 2. The van der Waals surface area contributed by atoms with Crippen LogP contribution in [-0.2, 0) is 0 Å². The molecule has 2 aromatic carbocycles. The number of hydrogen-bond acceptors (Lipinski definition) is 3.